The predicted octanol–water partition coefficient (Wildman–Crippen LogP) is 2.84. The highest BCUT2D eigenvalue weighted by atomic mass is 35.5. The zero-order valence-corrected chi connectivity index (χ0v) is 10.7. The van der Waals surface area contributed by atoms with E-state index in [-0.39, 0.29) is 6.04 Å². The van der Waals surface area contributed by atoms with Gasteiger partial charge in [0.15, 0.2) is 0 Å². The van der Waals surface area contributed by atoms with E-state index in [0.717, 1.165) is 6.42 Å². The molecule has 1 rings (SSSR count). The molecule has 0 amide bonds. The standard InChI is InChI=1S/C10H13Cl2NOS/c1-2-7(13)6-15(14)8-3-4-9(11)10(12)5-8/h3-5,7H,2,6,13H2,1H3. The Morgan fingerprint density at radius 3 is 2.60 bits per heavy atom. The van der Waals surface area contributed by atoms with Gasteiger partial charge in [-0.25, -0.2) is 0 Å². The molecule has 1 aromatic carbocycles. The van der Waals surface area contributed by atoms with Crippen LogP contribution in [0.5, 0.6) is 0 Å². The number of halogens is 2. The summed E-state index contributed by atoms with van der Waals surface area (Å²) in [5.41, 5.74) is 5.73. The van der Waals surface area contributed by atoms with Crippen LogP contribution < -0.4 is 5.73 Å². The third kappa shape index (κ3) is 3.76. The summed E-state index contributed by atoms with van der Waals surface area (Å²) in [5.74, 6) is 0.453. The molecule has 0 fully saturated rings. The Bertz CT molecular complexity index is 370. The van der Waals surface area contributed by atoms with E-state index in [1.807, 2.05) is 6.92 Å². The van der Waals surface area contributed by atoms with Gasteiger partial charge in [-0.1, -0.05) is 30.1 Å². The Balaban J connectivity index is 2.78. The molecule has 0 spiro atoms. The van der Waals surface area contributed by atoms with Gasteiger partial charge in [-0.05, 0) is 24.6 Å². The second-order valence-electron chi connectivity index (χ2n) is 3.26. The van der Waals surface area contributed by atoms with Crippen LogP contribution >= 0.6 is 23.2 Å². The summed E-state index contributed by atoms with van der Waals surface area (Å²) in [7, 11) is -1.10. The van der Waals surface area contributed by atoms with Gasteiger partial charge in [0, 0.05) is 16.7 Å². The third-order valence-electron chi connectivity index (χ3n) is 2.04. The van der Waals surface area contributed by atoms with Gasteiger partial charge in [-0.15, -0.1) is 0 Å². The molecule has 0 aromatic heterocycles. The van der Waals surface area contributed by atoms with Crippen molar-refractivity contribution in [3.63, 3.8) is 0 Å². The first-order chi connectivity index (χ1) is 7.04. The maximum atomic E-state index is 11.8. The van der Waals surface area contributed by atoms with E-state index in [1.54, 1.807) is 18.2 Å². The van der Waals surface area contributed by atoms with E-state index < -0.39 is 10.8 Å². The van der Waals surface area contributed by atoms with Gasteiger partial charge in [0.1, 0.15) is 0 Å². The molecule has 2 atom stereocenters. The second kappa shape index (κ2) is 5.85. The highest BCUT2D eigenvalue weighted by Crippen LogP contribution is 2.24. The highest BCUT2D eigenvalue weighted by molar-refractivity contribution is 7.85. The van der Waals surface area contributed by atoms with Crippen LogP contribution in [0.1, 0.15) is 13.3 Å². The van der Waals surface area contributed by atoms with Gasteiger partial charge in [0.2, 0.25) is 0 Å². The van der Waals surface area contributed by atoms with E-state index in [1.165, 1.54) is 0 Å². The molecule has 84 valence electrons. The third-order valence-corrected chi connectivity index (χ3v) is 4.29. The minimum Gasteiger partial charge on any atom is -0.327 e. The molecule has 0 aliphatic heterocycles. The molecule has 0 aliphatic rings. The minimum atomic E-state index is -1.10. The SMILES string of the molecule is CCC(N)CS(=O)c1ccc(Cl)c(Cl)c1. The lowest BCUT2D eigenvalue weighted by atomic mass is 10.3. The number of hydrogen-bond acceptors (Lipinski definition) is 2. The number of nitrogens with two attached hydrogens (primary N) is 1. The van der Waals surface area contributed by atoms with E-state index in [4.69, 9.17) is 28.9 Å². The summed E-state index contributed by atoms with van der Waals surface area (Å²) >= 11 is 11.6. The number of rotatable bonds is 4. The normalized spacial score (nSPS) is 14.9. The first-order valence-electron chi connectivity index (χ1n) is 4.63. The van der Waals surface area contributed by atoms with Gasteiger partial charge in [-0.3, -0.25) is 4.21 Å². The fraction of sp³-hybridized carbons (Fsp3) is 0.400. The second-order valence-corrected chi connectivity index (χ2v) is 5.57. The lowest BCUT2D eigenvalue weighted by molar-refractivity contribution is 0.663. The maximum absolute atomic E-state index is 11.8. The van der Waals surface area contributed by atoms with Crippen molar-refractivity contribution in [3.8, 4) is 0 Å². The number of benzene rings is 1. The van der Waals surface area contributed by atoms with Crippen LogP contribution in [0.15, 0.2) is 23.1 Å². The average molecular weight is 266 g/mol. The van der Waals surface area contributed by atoms with Crippen LogP contribution in [0.4, 0.5) is 0 Å². The van der Waals surface area contributed by atoms with Gasteiger partial charge >= 0.3 is 0 Å². The topological polar surface area (TPSA) is 43.1 Å². The van der Waals surface area contributed by atoms with Gasteiger partial charge < -0.3 is 5.73 Å². The maximum Gasteiger partial charge on any atom is 0.0604 e. The molecule has 1 aromatic rings. The molecule has 0 bridgehead atoms. The smallest absolute Gasteiger partial charge is 0.0604 e. The molecule has 0 saturated heterocycles. The quantitative estimate of drug-likeness (QED) is 0.910. The van der Waals surface area contributed by atoms with Crippen LogP contribution in [0.3, 0.4) is 0 Å². The van der Waals surface area contributed by atoms with Crippen molar-refractivity contribution in [1.82, 2.24) is 0 Å². The Morgan fingerprint density at radius 1 is 1.40 bits per heavy atom. The van der Waals surface area contributed by atoms with Gasteiger partial charge in [0.25, 0.3) is 0 Å². The molecule has 0 heterocycles. The molecule has 0 saturated carbocycles. The monoisotopic (exact) mass is 265 g/mol. The summed E-state index contributed by atoms with van der Waals surface area (Å²) in [6.45, 7) is 1.97. The molecule has 2 unspecified atom stereocenters. The van der Waals surface area contributed by atoms with E-state index in [2.05, 4.69) is 0 Å². The summed E-state index contributed by atoms with van der Waals surface area (Å²) < 4.78 is 11.8. The van der Waals surface area contributed by atoms with Crippen molar-refractivity contribution in [2.24, 2.45) is 5.73 Å². The average Bonchev–Trinajstić information content (AvgIpc) is 2.21. The largest absolute Gasteiger partial charge is 0.327 e. The lowest BCUT2D eigenvalue weighted by Gasteiger charge is -2.08. The molecule has 0 radical (unpaired) electrons. The number of hydrogen-bond donors (Lipinski definition) is 1. The van der Waals surface area contributed by atoms with E-state index in [0.29, 0.717) is 20.7 Å². The predicted molar refractivity (Wildman–Crippen MR) is 66.0 cm³/mol. The Morgan fingerprint density at radius 2 is 2.07 bits per heavy atom. The fourth-order valence-electron chi connectivity index (χ4n) is 1.03. The zero-order chi connectivity index (χ0) is 11.4. The van der Waals surface area contributed by atoms with Gasteiger partial charge in [0.05, 0.1) is 20.8 Å². The van der Waals surface area contributed by atoms with Crippen LogP contribution in [-0.4, -0.2) is 16.0 Å². The molecule has 15 heavy (non-hydrogen) atoms. The summed E-state index contributed by atoms with van der Waals surface area (Å²) in [5, 5.41) is 0.893. The Hall–Kier alpha value is -0.0900. The highest BCUT2D eigenvalue weighted by Gasteiger charge is 2.10. The van der Waals surface area contributed by atoms with Crippen molar-refractivity contribution in [3.05, 3.63) is 28.2 Å². The molecule has 2 N–H and O–H groups in total. The molecule has 0 aliphatic carbocycles. The van der Waals surface area contributed by atoms with E-state index in [9.17, 15) is 4.21 Å². The molecule has 5 heteroatoms. The van der Waals surface area contributed by atoms with Crippen LogP contribution in [0, 0.1) is 0 Å². The molecule has 2 nitrogen and oxygen atoms in total. The molecular formula is C10H13Cl2NOS. The molecular weight excluding hydrogens is 253 g/mol. The summed E-state index contributed by atoms with van der Waals surface area (Å²) in [6.07, 6.45) is 0.813. The zero-order valence-electron chi connectivity index (χ0n) is 8.37. The lowest BCUT2D eigenvalue weighted by Crippen LogP contribution is -2.25. The van der Waals surface area contributed by atoms with Crippen LogP contribution in [0.2, 0.25) is 10.0 Å². The first kappa shape index (κ1) is 13.0. The summed E-state index contributed by atoms with van der Waals surface area (Å²) in [4.78, 5) is 0.674. The Labute approximate surface area is 102 Å². The van der Waals surface area contributed by atoms with Crippen molar-refractivity contribution >= 4 is 34.0 Å². The van der Waals surface area contributed by atoms with Crippen molar-refractivity contribution in [2.45, 2.75) is 24.3 Å². The fourth-order valence-corrected chi connectivity index (χ4v) is 2.68. The van der Waals surface area contributed by atoms with Crippen molar-refractivity contribution in [2.75, 3.05) is 5.75 Å². The van der Waals surface area contributed by atoms with Crippen molar-refractivity contribution < 1.29 is 4.21 Å². The minimum absolute atomic E-state index is 0.0414. The summed E-state index contributed by atoms with van der Waals surface area (Å²) in [6, 6.07) is 4.95. The van der Waals surface area contributed by atoms with E-state index >= 15 is 0 Å². The van der Waals surface area contributed by atoms with Gasteiger partial charge in [-0.2, -0.15) is 0 Å². The van der Waals surface area contributed by atoms with Crippen LogP contribution in [-0.2, 0) is 10.8 Å². The Kier molecular flexibility index (Phi) is 5.06. The van der Waals surface area contributed by atoms with Crippen LogP contribution in [0.25, 0.3) is 0 Å². The first-order valence-corrected chi connectivity index (χ1v) is 6.71. The van der Waals surface area contributed by atoms with Crippen molar-refractivity contribution in [1.29, 1.82) is 0 Å².